The van der Waals surface area contributed by atoms with Crippen LogP contribution in [0.3, 0.4) is 0 Å². The van der Waals surface area contributed by atoms with Gasteiger partial charge < -0.3 is 10.2 Å². The molecular weight excluding hydrogens is 169 g/mol. The van der Waals surface area contributed by atoms with Crippen LogP contribution >= 0.6 is 0 Å². The van der Waals surface area contributed by atoms with Crippen molar-refractivity contribution in [2.24, 2.45) is 0 Å². The summed E-state index contributed by atoms with van der Waals surface area (Å²) >= 11 is 0. The molecule has 12 heavy (non-hydrogen) atoms. The van der Waals surface area contributed by atoms with E-state index >= 15 is 0 Å². The van der Waals surface area contributed by atoms with Gasteiger partial charge >= 0.3 is 6.18 Å². The zero-order valence-corrected chi connectivity index (χ0v) is 7.20. The van der Waals surface area contributed by atoms with Gasteiger partial charge in [-0.1, -0.05) is 0 Å². The Kier molecular flexibility index (Phi) is 2.35. The van der Waals surface area contributed by atoms with Gasteiger partial charge in [-0.3, -0.25) is 0 Å². The minimum Gasteiger partial charge on any atom is -0.306 e. The van der Waals surface area contributed by atoms with Crippen LogP contribution in [0.1, 0.15) is 6.42 Å². The fraction of sp³-hybridized carbons (Fsp3) is 1.00. The third-order valence-electron chi connectivity index (χ3n) is 2.48. The zero-order valence-electron chi connectivity index (χ0n) is 7.20. The van der Waals surface area contributed by atoms with Crippen LogP contribution in [0.15, 0.2) is 0 Å². The van der Waals surface area contributed by atoms with Gasteiger partial charge in [-0.25, -0.2) is 0 Å². The molecule has 0 aliphatic carbocycles. The van der Waals surface area contributed by atoms with Crippen LogP contribution < -0.4 is 5.32 Å². The summed E-state index contributed by atoms with van der Waals surface area (Å²) in [4.78, 5) is 1.68. The Morgan fingerprint density at radius 3 is 2.17 bits per heavy atom. The first-order valence-electron chi connectivity index (χ1n) is 3.85. The fourth-order valence-electron chi connectivity index (χ4n) is 1.58. The van der Waals surface area contributed by atoms with E-state index in [1.165, 1.54) is 7.05 Å². The van der Waals surface area contributed by atoms with E-state index in [2.05, 4.69) is 5.32 Å². The minimum absolute atomic E-state index is 0.0486. The molecule has 1 fully saturated rings. The maximum Gasteiger partial charge on any atom is 0.407 e. The number of likely N-dealkylation sites (N-methyl/N-ethyl adjacent to an activating group) is 2. The second kappa shape index (κ2) is 2.88. The summed E-state index contributed by atoms with van der Waals surface area (Å²) in [6.45, 7) is 0.549. The SMILES string of the molecule is CNC1(C(F)(F)F)CCN(C)C1. The Balaban J connectivity index is 2.78. The molecule has 1 aliphatic rings. The third-order valence-corrected chi connectivity index (χ3v) is 2.48. The molecule has 0 bridgehead atoms. The molecule has 72 valence electrons. The van der Waals surface area contributed by atoms with Crippen molar-refractivity contribution in [2.45, 2.75) is 18.1 Å². The largest absolute Gasteiger partial charge is 0.407 e. The molecule has 0 saturated carbocycles. The Bertz CT molecular complexity index is 169. The predicted octanol–water partition coefficient (Wildman–Crippen LogP) is 0.842. The monoisotopic (exact) mass is 182 g/mol. The molecule has 1 N–H and O–H groups in total. The van der Waals surface area contributed by atoms with Crippen LogP contribution in [0.4, 0.5) is 13.2 Å². The third kappa shape index (κ3) is 1.43. The van der Waals surface area contributed by atoms with Crippen LogP contribution in [-0.4, -0.2) is 43.8 Å². The molecule has 0 amide bonds. The lowest BCUT2D eigenvalue weighted by molar-refractivity contribution is -0.190. The Hall–Kier alpha value is -0.290. The highest BCUT2D eigenvalue weighted by Gasteiger charge is 2.56. The van der Waals surface area contributed by atoms with E-state index in [0.717, 1.165) is 0 Å². The van der Waals surface area contributed by atoms with Crippen molar-refractivity contribution >= 4 is 0 Å². The summed E-state index contributed by atoms with van der Waals surface area (Å²) in [5.74, 6) is 0. The molecule has 1 rings (SSSR count). The Labute approximate surface area is 69.7 Å². The van der Waals surface area contributed by atoms with Gasteiger partial charge in [-0.15, -0.1) is 0 Å². The van der Waals surface area contributed by atoms with Crippen molar-refractivity contribution in [1.82, 2.24) is 10.2 Å². The van der Waals surface area contributed by atoms with Crippen molar-refractivity contribution in [2.75, 3.05) is 27.2 Å². The van der Waals surface area contributed by atoms with E-state index < -0.39 is 11.7 Å². The van der Waals surface area contributed by atoms with Gasteiger partial charge in [0.2, 0.25) is 0 Å². The molecule has 1 saturated heterocycles. The average molecular weight is 182 g/mol. The van der Waals surface area contributed by atoms with Gasteiger partial charge in [-0.05, 0) is 20.5 Å². The van der Waals surface area contributed by atoms with Crippen molar-refractivity contribution in [1.29, 1.82) is 0 Å². The molecule has 0 aromatic heterocycles. The zero-order chi connectivity index (χ0) is 9.41. The van der Waals surface area contributed by atoms with Crippen LogP contribution in [0, 0.1) is 0 Å². The summed E-state index contributed by atoms with van der Waals surface area (Å²) < 4.78 is 37.5. The Morgan fingerprint density at radius 1 is 1.42 bits per heavy atom. The number of alkyl halides is 3. The van der Waals surface area contributed by atoms with Crippen molar-refractivity contribution in [3.8, 4) is 0 Å². The number of rotatable bonds is 1. The van der Waals surface area contributed by atoms with Crippen LogP contribution in [-0.2, 0) is 0 Å². The maximum absolute atomic E-state index is 12.5. The summed E-state index contributed by atoms with van der Waals surface area (Å²) in [5, 5.41) is 2.38. The molecule has 1 unspecified atom stereocenters. The normalized spacial score (nSPS) is 32.8. The first kappa shape index (κ1) is 9.80. The highest BCUT2D eigenvalue weighted by atomic mass is 19.4. The topological polar surface area (TPSA) is 15.3 Å². The maximum atomic E-state index is 12.5. The lowest BCUT2D eigenvalue weighted by atomic mass is 9.98. The van der Waals surface area contributed by atoms with Crippen molar-refractivity contribution < 1.29 is 13.2 Å². The molecule has 1 atom stereocenters. The average Bonchev–Trinajstić information content (AvgIpc) is 2.31. The van der Waals surface area contributed by atoms with Gasteiger partial charge in [0, 0.05) is 13.1 Å². The standard InChI is InChI=1S/C7H13F3N2/c1-11-6(7(8,9)10)3-4-12(2)5-6/h11H,3-5H2,1-2H3. The highest BCUT2D eigenvalue weighted by Crippen LogP contribution is 2.36. The van der Waals surface area contributed by atoms with E-state index in [-0.39, 0.29) is 13.0 Å². The lowest BCUT2D eigenvalue weighted by Gasteiger charge is -2.30. The smallest absolute Gasteiger partial charge is 0.306 e. The summed E-state index contributed by atoms with van der Waals surface area (Å²) in [5.41, 5.74) is -1.68. The molecule has 1 aliphatic heterocycles. The quantitative estimate of drug-likeness (QED) is 0.646. The number of likely N-dealkylation sites (tertiary alicyclic amines) is 1. The molecule has 0 aromatic carbocycles. The number of nitrogens with zero attached hydrogens (tertiary/aromatic N) is 1. The summed E-state index contributed by atoms with van der Waals surface area (Å²) in [6, 6.07) is 0. The van der Waals surface area contributed by atoms with Gasteiger partial charge in [0.15, 0.2) is 0 Å². The molecule has 0 radical (unpaired) electrons. The molecular formula is C7H13F3N2. The van der Waals surface area contributed by atoms with E-state index in [9.17, 15) is 13.2 Å². The lowest BCUT2D eigenvalue weighted by Crippen LogP contribution is -2.56. The molecule has 2 nitrogen and oxygen atoms in total. The van der Waals surface area contributed by atoms with Crippen molar-refractivity contribution in [3.05, 3.63) is 0 Å². The first-order valence-corrected chi connectivity index (χ1v) is 3.85. The number of halogens is 3. The number of hydrogen-bond donors (Lipinski definition) is 1. The van der Waals surface area contributed by atoms with Gasteiger partial charge in [0.05, 0.1) is 0 Å². The molecule has 5 heteroatoms. The number of nitrogens with one attached hydrogen (secondary N) is 1. The highest BCUT2D eigenvalue weighted by molar-refractivity contribution is 5.01. The van der Waals surface area contributed by atoms with Crippen molar-refractivity contribution in [3.63, 3.8) is 0 Å². The minimum atomic E-state index is -4.15. The second-order valence-electron chi connectivity index (χ2n) is 3.32. The molecule has 0 spiro atoms. The first-order chi connectivity index (χ1) is 5.41. The van der Waals surface area contributed by atoms with Gasteiger partial charge in [0.1, 0.15) is 5.54 Å². The van der Waals surface area contributed by atoms with E-state index in [1.807, 2.05) is 0 Å². The molecule has 0 aromatic rings. The van der Waals surface area contributed by atoms with E-state index in [4.69, 9.17) is 0 Å². The Morgan fingerprint density at radius 2 is 2.00 bits per heavy atom. The van der Waals surface area contributed by atoms with E-state index in [0.29, 0.717) is 6.54 Å². The van der Waals surface area contributed by atoms with Crippen LogP contribution in [0.25, 0.3) is 0 Å². The number of hydrogen-bond acceptors (Lipinski definition) is 2. The summed E-state index contributed by atoms with van der Waals surface area (Å²) in [6.07, 6.45) is -4.00. The van der Waals surface area contributed by atoms with Crippen LogP contribution in [0.5, 0.6) is 0 Å². The fourth-order valence-corrected chi connectivity index (χ4v) is 1.58. The van der Waals surface area contributed by atoms with Crippen LogP contribution in [0.2, 0.25) is 0 Å². The predicted molar refractivity (Wildman–Crippen MR) is 40.0 cm³/mol. The summed E-state index contributed by atoms with van der Waals surface area (Å²) in [7, 11) is 3.07. The second-order valence-corrected chi connectivity index (χ2v) is 3.32. The van der Waals surface area contributed by atoms with Gasteiger partial charge in [0.25, 0.3) is 0 Å². The van der Waals surface area contributed by atoms with E-state index in [1.54, 1.807) is 11.9 Å². The van der Waals surface area contributed by atoms with Gasteiger partial charge in [-0.2, -0.15) is 13.2 Å². The molecule has 1 heterocycles.